The van der Waals surface area contributed by atoms with Gasteiger partial charge in [-0.25, -0.2) is 0 Å². The van der Waals surface area contributed by atoms with Crippen molar-refractivity contribution in [3.8, 4) is 23.0 Å². The number of aromatic hydroxyl groups is 2. The first kappa shape index (κ1) is 12.5. The number of phenolic OH excluding ortho intramolecular Hbond substituents is 2. The Morgan fingerprint density at radius 2 is 1.80 bits per heavy atom. The highest BCUT2D eigenvalue weighted by molar-refractivity contribution is 6.03. The molecule has 0 amide bonds. The van der Waals surface area contributed by atoms with E-state index in [0.29, 0.717) is 5.75 Å². The Morgan fingerprint density at radius 3 is 2.55 bits per heavy atom. The number of rotatable bonds is 0. The van der Waals surface area contributed by atoms with Crippen LogP contribution in [0, 0.1) is 13.8 Å². The monoisotopic (exact) mass is 270 g/mol. The molecule has 4 nitrogen and oxygen atoms in total. The number of fused-ring (bicyclic) bond motifs is 2. The zero-order chi connectivity index (χ0) is 14.4. The van der Waals surface area contributed by atoms with Crippen LogP contribution in [0.1, 0.15) is 27.0 Å². The fraction of sp³-hybridized carbons (Fsp3) is 0.188. The summed E-state index contributed by atoms with van der Waals surface area (Å²) in [4.78, 5) is 12.3. The summed E-state index contributed by atoms with van der Waals surface area (Å²) in [7, 11) is 0. The van der Waals surface area contributed by atoms with Gasteiger partial charge in [-0.05, 0) is 31.0 Å². The summed E-state index contributed by atoms with van der Waals surface area (Å²) < 4.78 is 5.76. The summed E-state index contributed by atoms with van der Waals surface area (Å²) in [6.07, 6.45) is 0.173. The Balaban J connectivity index is 2.25. The molecule has 0 fully saturated rings. The fourth-order valence-electron chi connectivity index (χ4n) is 2.59. The number of phenols is 2. The molecule has 2 aromatic rings. The van der Waals surface area contributed by atoms with E-state index < -0.39 is 0 Å². The first-order chi connectivity index (χ1) is 9.45. The number of carbonyl (C=O) groups is 1. The lowest BCUT2D eigenvalue weighted by molar-refractivity contribution is 0.0990. The molecule has 102 valence electrons. The largest absolute Gasteiger partial charge is 0.508 e. The predicted octanol–water partition coefficient (Wildman–Crippen LogP) is 3.25. The van der Waals surface area contributed by atoms with Crippen molar-refractivity contribution in [1.29, 1.82) is 0 Å². The summed E-state index contributed by atoms with van der Waals surface area (Å²) in [5.74, 6) is 0.174. The number of hydrogen-bond donors (Lipinski definition) is 2. The lowest BCUT2D eigenvalue weighted by Crippen LogP contribution is -2.03. The van der Waals surface area contributed by atoms with Crippen molar-refractivity contribution in [2.45, 2.75) is 20.3 Å². The molecule has 0 radical (unpaired) electrons. The Hall–Kier alpha value is -2.49. The van der Waals surface area contributed by atoms with Crippen molar-refractivity contribution in [3.05, 3.63) is 46.5 Å². The third-order valence-corrected chi connectivity index (χ3v) is 3.48. The van der Waals surface area contributed by atoms with E-state index in [9.17, 15) is 15.0 Å². The Bertz CT molecular complexity index is 732. The van der Waals surface area contributed by atoms with Gasteiger partial charge in [-0.2, -0.15) is 0 Å². The smallest absolute Gasteiger partial charge is 0.174 e. The lowest BCUT2D eigenvalue weighted by atomic mass is 9.97. The van der Waals surface area contributed by atoms with E-state index in [4.69, 9.17) is 4.74 Å². The lowest BCUT2D eigenvalue weighted by Gasteiger charge is -2.11. The first-order valence-electron chi connectivity index (χ1n) is 6.33. The molecular weight excluding hydrogens is 256 g/mol. The van der Waals surface area contributed by atoms with Gasteiger partial charge in [0.25, 0.3) is 0 Å². The van der Waals surface area contributed by atoms with E-state index in [1.807, 2.05) is 26.0 Å². The second kappa shape index (κ2) is 4.27. The molecule has 1 aliphatic rings. The molecule has 0 saturated heterocycles. The van der Waals surface area contributed by atoms with Gasteiger partial charge in [-0.1, -0.05) is 6.07 Å². The van der Waals surface area contributed by atoms with Gasteiger partial charge in [0.2, 0.25) is 0 Å². The van der Waals surface area contributed by atoms with E-state index in [1.54, 1.807) is 0 Å². The molecule has 0 saturated carbocycles. The SMILES string of the molecule is Cc1cc(C)c2c(c1)Oc1cc(O)cc(O)c1C(=O)C2. The number of aryl methyl sites for hydroxylation is 2. The zero-order valence-corrected chi connectivity index (χ0v) is 11.2. The van der Waals surface area contributed by atoms with Gasteiger partial charge >= 0.3 is 0 Å². The maximum absolute atomic E-state index is 12.3. The highest BCUT2D eigenvalue weighted by Gasteiger charge is 2.26. The molecule has 0 atom stereocenters. The molecule has 0 unspecified atom stereocenters. The van der Waals surface area contributed by atoms with Gasteiger partial charge in [0, 0.05) is 24.1 Å². The van der Waals surface area contributed by atoms with Crippen molar-refractivity contribution >= 4 is 5.78 Å². The molecule has 3 rings (SSSR count). The Kier molecular flexibility index (Phi) is 2.67. The minimum Gasteiger partial charge on any atom is -0.508 e. The first-order valence-corrected chi connectivity index (χ1v) is 6.33. The fourth-order valence-corrected chi connectivity index (χ4v) is 2.59. The summed E-state index contributed by atoms with van der Waals surface area (Å²) in [6.45, 7) is 3.87. The normalized spacial score (nSPS) is 13.2. The van der Waals surface area contributed by atoms with Crippen molar-refractivity contribution in [1.82, 2.24) is 0 Å². The summed E-state index contributed by atoms with van der Waals surface area (Å²) in [5.41, 5.74) is 2.94. The molecule has 1 aliphatic heterocycles. The van der Waals surface area contributed by atoms with E-state index in [1.165, 1.54) is 6.07 Å². The zero-order valence-electron chi connectivity index (χ0n) is 11.2. The highest BCUT2D eigenvalue weighted by Crippen LogP contribution is 2.41. The minimum absolute atomic E-state index is 0.121. The number of carbonyl (C=O) groups excluding carboxylic acids is 1. The van der Waals surface area contributed by atoms with Gasteiger partial charge in [-0.3, -0.25) is 4.79 Å². The van der Waals surface area contributed by atoms with Crippen LogP contribution in [0.5, 0.6) is 23.0 Å². The average Bonchev–Trinajstić information content (AvgIpc) is 2.45. The topological polar surface area (TPSA) is 66.8 Å². The van der Waals surface area contributed by atoms with Crippen LogP contribution in [0.4, 0.5) is 0 Å². The Morgan fingerprint density at radius 1 is 1.05 bits per heavy atom. The van der Waals surface area contributed by atoms with E-state index in [0.717, 1.165) is 22.8 Å². The van der Waals surface area contributed by atoms with Crippen molar-refractivity contribution in [2.24, 2.45) is 0 Å². The summed E-state index contributed by atoms with van der Waals surface area (Å²) >= 11 is 0. The van der Waals surface area contributed by atoms with Crippen LogP contribution in [0.25, 0.3) is 0 Å². The molecule has 0 aliphatic carbocycles. The molecule has 1 heterocycles. The predicted molar refractivity (Wildman–Crippen MR) is 73.8 cm³/mol. The van der Waals surface area contributed by atoms with Gasteiger partial charge in [0.05, 0.1) is 0 Å². The van der Waals surface area contributed by atoms with E-state index >= 15 is 0 Å². The van der Waals surface area contributed by atoms with E-state index in [2.05, 4.69) is 0 Å². The third kappa shape index (κ3) is 1.90. The summed E-state index contributed by atoms with van der Waals surface area (Å²) in [6, 6.07) is 6.34. The van der Waals surface area contributed by atoms with Crippen LogP contribution in [-0.4, -0.2) is 16.0 Å². The molecule has 0 aromatic heterocycles. The van der Waals surface area contributed by atoms with Gasteiger partial charge in [0.15, 0.2) is 5.78 Å². The van der Waals surface area contributed by atoms with Crippen LogP contribution < -0.4 is 4.74 Å². The number of ether oxygens (including phenoxy) is 1. The van der Waals surface area contributed by atoms with Gasteiger partial charge < -0.3 is 14.9 Å². The quantitative estimate of drug-likeness (QED) is 0.771. The number of ketones is 1. The van der Waals surface area contributed by atoms with Crippen LogP contribution in [0.3, 0.4) is 0 Å². The van der Waals surface area contributed by atoms with Crippen LogP contribution in [0.15, 0.2) is 24.3 Å². The van der Waals surface area contributed by atoms with E-state index in [-0.39, 0.29) is 35.0 Å². The van der Waals surface area contributed by atoms with Crippen molar-refractivity contribution < 1.29 is 19.7 Å². The van der Waals surface area contributed by atoms with Crippen molar-refractivity contribution in [2.75, 3.05) is 0 Å². The third-order valence-electron chi connectivity index (χ3n) is 3.48. The van der Waals surface area contributed by atoms with Gasteiger partial charge in [-0.15, -0.1) is 0 Å². The molecule has 4 heteroatoms. The Labute approximate surface area is 116 Å². The van der Waals surface area contributed by atoms with Crippen LogP contribution in [-0.2, 0) is 6.42 Å². The number of benzene rings is 2. The molecule has 20 heavy (non-hydrogen) atoms. The molecule has 0 spiro atoms. The molecular formula is C16H14O4. The second-order valence-corrected chi connectivity index (χ2v) is 5.10. The van der Waals surface area contributed by atoms with Crippen molar-refractivity contribution in [3.63, 3.8) is 0 Å². The molecule has 2 aromatic carbocycles. The summed E-state index contributed by atoms with van der Waals surface area (Å²) in [5, 5.41) is 19.4. The molecule has 0 bridgehead atoms. The maximum atomic E-state index is 12.3. The van der Waals surface area contributed by atoms with Gasteiger partial charge in [0.1, 0.15) is 28.6 Å². The number of Topliss-reactive ketones (excluding diaryl/α,β-unsaturated/α-hetero) is 1. The standard InChI is InChI=1S/C16H14O4/c1-8-3-9(2)11-7-13(19)16-12(18)5-10(17)6-15(16)20-14(11)4-8/h3-6,17-18H,7H2,1-2H3. The van der Waals surface area contributed by atoms with Crippen LogP contribution >= 0.6 is 0 Å². The second-order valence-electron chi connectivity index (χ2n) is 5.10. The number of hydrogen-bond acceptors (Lipinski definition) is 4. The minimum atomic E-state index is -0.257. The average molecular weight is 270 g/mol. The maximum Gasteiger partial charge on any atom is 0.174 e. The molecule has 2 N–H and O–H groups in total. The van der Waals surface area contributed by atoms with Crippen LogP contribution in [0.2, 0.25) is 0 Å². The highest BCUT2D eigenvalue weighted by atomic mass is 16.5.